The van der Waals surface area contributed by atoms with Crippen molar-refractivity contribution in [2.75, 3.05) is 99.1 Å². The molecule has 0 unspecified atom stereocenters. The molecule has 5 fully saturated rings. The Balaban J connectivity index is 0.805. The first-order valence-electron chi connectivity index (χ1n) is 20.7. The van der Waals surface area contributed by atoms with Gasteiger partial charge in [0.2, 0.25) is 17.8 Å². The quantitative estimate of drug-likeness (QED) is 0.200. The van der Waals surface area contributed by atoms with Gasteiger partial charge in [0.1, 0.15) is 17.6 Å². The number of amides is 6. The number of nitrogens with one attached hydrogen (secondary N) is 3. The van der Waals surface area contributed by atoms with Crippen LogP contribution in [-0.4, -0.2) is 156 Å². The van der Waals surface area contributed by atoms with Crippen molar-refractivity contribution in [3.8, 4) is 0 Å². The third-order valence-corrected chi connectivity index (χ3v) is 12.2. The molecule has 2 atom stereocenters. The van der Waals surface area contributed by atoms with Crippen LogP contribution < -0.4 is 36.4 Å². The van der Waals surface area contributed by atoms with E-state index < -0.39 is 29.6 Å². The van der Waals surface area contributed by atoms with Crippen LogP contribution in [0.2, 0.25) is 0 Å². The fraction of sp³-hybridized carbons (Fsp3) is 0.525. The maximum atomic E-state index is 15.7. The van der Waals surface area contributed by atoms with Crippen molar-refractivity contribution in [2.24, 2.45) is 11.7 Å². The van der Waals surface area contributed by atoms with Crippen LogP contribution in [-0.2, 0) is 9.59 Å². The molecule has 3 aromatic rings. The van der Waals surface area contributed by atoms with Crippen LogP contribution >= 0.6 is 0 Å². The number of imide groups is 1. The van der Waals surface area contributed by atoms with E-state index in [-0.39, 0.29) is 48.0 Å². The lowest BCUT2D eigenvalue weighted by Crippen LogP contribution is -2.52. The third kappa shape index (κ3) is 9.02. The van der Waals surface area contributed by atoms with E-state index in [4.69, 9.17) is 5.73 Å². The number of primary amides is 1. The average Bonchev–Trinajstić information content (AvgIpc) is 3.59. The number of urea groups is 1. The van der Waals surface area contributed by atoms with E-state index in [0.29, 0.717) is 62.5 Å². The number of carbonyl (C=O) groups excluding carboxylic acids is 5. The van der Waals surface area contributed by atoms with Crippen LogP contribution in [0.15, 0.2) is 36.5 Å². The number of halogens is 1. The van der Waals surface area contributed by atoms with Gasteiger partial charge in [-0.15, -0.1) is 10.2 Å². The van der Waals surface area contributed by atoms with E-state index >= 15 is 4.39 Å². The molecule has 60 heavy (non-hydrogen) atoms. The van der Waals surface area contributed by atoms with E-state index in [1.54, 1.807) is 36.3 Å². The molecule has 6 amide bonds. The molecule has 7 heterocycles. The predicted octanol–water partition coefficient (Wildman–Crippen LogP) is 1.16. The van der Waals surface area contributed by atoms with Crippen molar-refractivity contribution in [1.29, 1.82) is 0 Å². The summed E-state index contributed by atoms with van der Waals surface area (Å²) in [4.78, 5) is 82.3. The van der Waals surface area contributed by atoms with Gasteiger partial charge in [-0.25, -0.2) is 14.2 Å². The molecule has 0 aliphatic carbocycles. The highest BCUT2D eigenvalue weighted by Gasteiger charge is 2.35. The molecule has 5 aliphatic rings. The van der Waals surface area contributed by atoms with Crippen LogP contribution in [0.3, 0.4) is 0 Å². The molecule has 20 heteroatoms. The van der Waals surface area contributed by atoms with Crippen LogP contribution in [0, 0.1) is 11.7 Å². The minimum absolute atomic E-state index is 0.00400. The van der Waals surface area contributed by atoms with Crippen molar-refractivity contribution in [3.63, 3.8) is 0 Å². The van der Waals surface area contributed by atoms with Crippen molar-refractivity contribution >= 4 is 58.5 Å². The molecule has 2 aromatic heterocycles. The smallest absolute Gasteiger partial charge is 0.320 e. The molecule has 0 saturated carbocycles. The number of aromatic nitrogens is 4. The molecular weight excluding hydrogens is 776 g/mol. The monoisotopic (exact) mass is 826 g/mol. The zero-order chi connectivity index (χ0) is 41.9. The van der Waals surface area contributed by atoms with Crippen molar-refractivity contribution in [3.05, 3.63) is 53.7 Å². The second-order valence-corrected chi connectivity index (χ2v) is 16.2. The molecule has 1 aromatic carbocycles. The summed E-state index contributed by atoms with van der Waals surface area (Å²) >= 11 is 0. The maximum absolute atomic E-state index is 15.7. The Morgan fingerprint density at radius 1 is 0.900 bits per heavy atom. The van der Waals surface area contributed by atoms with E-state index in [2.05, 4.69) is 50.8 Å². The van der Waals surface area contributed by atoms with Gasteiger partial charge in [-0.1, -0.05) is 0 Å². The number of nitrogens with zero attached hydrogens (tertiary/aromatic N) is 10. The van der Waals surface area contributed by atoms with E-state index in [9.17, 15) is 24.0 Å². The number of benzene rings is 1. The molecule has 5 aliphatic heterocycles. The summed E-state index contributed by atoms with van der Waals surface area (Å²) in [6.45, 7) is 8.22. The van der Waals surface area contributed by atoms with Gasteiger partial charge in [-0.2, -0.15) is 4.98 Å². The maximum Gasteiger partial charge on any atom is 0.320 e. The summed E-state index contributed by atoms with van der Waals surface area (Å²) in [7, 11) is 1.80. The molecule has 0 bridgehead atoms. The van der Waals surface area contributed by atoms with Gasteiger partial charge in [0.05, 0.1) is 23.6 Å². The molecule has 19 nitrogen and oxygen atoms in total. The Hall–Kier alpha value is -6.18. The Morgan fingerprint density at radius 3 is 2.38 bits per heavy atom. The summed E-state index contributed by atoms with van der Waals surface area (Å²) in [6, 6.07) is 7.65. The minimum Gasteiger partial charge on any atom is -0.370 e. The van der Waals surface area contributed by atoms with Crippen molar-refractivity contribution < 1.29 is 28.4 Å². The number of piperidine rings is 3. The first kappa shape index (κ1) is 40.6. The lowest BCUT2D eigenvalue weighted by molar-refractivity contribution is -0.134. The normalized spacial score (nSPS) is 22.0. The number of carbonyl (C=O) groups is 5. The Labute approximate surface area is 346 Å². The highest BCUT2D eigenvalue weighted by atomic mass is 19.1. The largest absolute Gasteiger partial charge is 0.370 e. The topological polar surface area (TPSA) is 218 Å². The van der Waals surface area contributed by atoms with Gasteiger partial charge in [0, 0.05) is 91.1 Å². The number of nitrogens with two attached hydrogens (primary N) is 1. The summed E-state index contributed by atoms with van der Waals surface area (Å²) in [5.41, 5.74) is 7.51. The number of pyridine rings is 1. The molecule has 5 N–H and O–H groups in total. The SMILES string of the molecule is CN1CCN([C@@H]2CCCN(c3nnc(C(N)=O)c(Nc4ccc(N5CCN(CC6CCN(c7ccc(C(=O)N[C@H]8CCC(=O)NC8=O)nc7)CC6)CC5)c(F)c4)n3)C2)C1=O. The fourth-order valence-electron chi connectivity index (χ4n) is 8.76. The molecular formula is C40H51FN14O5. The Bertz CT molecular complexity index is 2110. The molecule has 5 saturated heterocycles. The standard InChI is InChI=1S/C40H51FN14O5/c1-50-15-20-55(40(50)60)28-3-2-12-54(24-28)39-47-36(34(35(42)57)48-49-39)44-26-4-8-32(29(41)21-26)53-18-16-51(17-19-53)23-25-10-13-52(14-11-25)27-5-6-30(43-22-27)37(58)45-31-7-9-33(56)46-38(31)59/h4-6,8,21-22,25,28,31H,2-3,7,9-20,23-24H2,1H3,(H2,42,57)(H,45,58)(H,44,47,49)(H,46,56,59)/t28-,31+/m1/s1. The van der Waals surface area contributed by atoms with Crippen LogP contribution in [0.4, 0.5) is 38.0 Å². The zero-order valence-corrected chi connectivity index (χ0v) is 33.7. The first-order valence-corrected chi connectivity index (χ1v) is 20.7. The van der Waals surface area contributed by atoms with Gasteiger partial charge in [-0.05, 0) is 68.4 Å². The number of rotatable bonds is 11. The average molecular weight is 827 g/mol. The second-order valence-electron chi connectivity index (χ2n) is 16.2. The number of hydrogen-bond donors (Lipinski definition) is 4. The summed E-state index contributed by atoms with van der Waals surface area (Å²) in [6.07, 6.45) is 5.86. The Kier molecular flexibility index (Phi) is 11.9. The van der Waals surface area contributed by atoms with Gasteiger partial charge in [0.15, 0.2) is 11.5 Å². The van der Waals surface area contributed by atoms with E-state index in [0.717, 1.165) is 64.1 Å². The van der Waals surface area contributed by atoms with Crippen LogP contribution in [0.5, 0.6) is 0 Å². The zero-order valence-electron chi connectivity index (χ0n) is 33.7. The van der Waals surface area contributed by atoms with Gasteiger partial charge in [0.25, 0.3) is 11.8 Å². The molecule has 0 radical (unpaired) electrons. The molecule has 0 spiro atoms. The molecule has 8 rings (SSSR count). The lowest BCUT2D eigenvalue weighted by Gasteiger charge is -2.40. The van der Waals surface area contributed by atoms with Gasteiger partial charge in [-0.3, -0.25) is 29.4 Å². The highest BCUT2D eigenvalue weighted by Crippen LogP contribution is 2.29. The van der Waals surface area contributed by atoms with Crippen molar-refractivity contribution in [1.82, 2.24) is 45.5 Å². The van der Waals surface area contributed by atoms with E-state index in [1.807, 2.05) is 15.9 Å². The number of piperazine rings is 1. The third-order valence-electron chi connectivity index (χ3n) is 12.2. The first-order chi connectivity index (χ1) is 29.0. The minimum atomic E-state index is -0.813. The summed E-state index contributed by atoms with van der Waals surface area (Å²) < 4.78 is 15.7. The summed E-state index contributed by atoms with van der Waals surface area (Å²) in [5.74, 6) is -1.60. The lowest BCUT2D eigenvalue weighted by atomic mass is 9.95. The number of anilines is 5. The van der Waals surface area contributed by atoms with E-state index in [1.165, 1.54) is 6.07 Å². The van der Waals surface area contributed by atoms with Gasteiger partial charge >= 0.3 is 6.03 Å². The number of hydrogen-bond acceptors (Lipinski definition) is 14. The second kappa shape index (κ2) is 17.6. The van der Waals surface area contributed by atoms with Crippen LogP contribution in [0.25, 0.3) is 0 Å². The number of likely N-dealkylation sites (N-methyl/N-ethyl adjacent to an activating group) is 1. The van der Waals surface area contributed by atoms with Gasteiger partial charge < -0.3 is 40.9 Å². The Morgan fingerprint density at radius 2 is 1.70 bits per heavy atom. The van der Waals surface area contributed by atoms with Crippen LogP contribution in [0.1, 0.15) is 59.5 Å². The molecule has 318 valence electrons. The highest BCUT2D eigenvalue weighted by molar-refractivity contribution is 6.03. The fourth-order valence-corrected chi connectivity index (χ4v) is 8.76. The predicted molar refractivity (Wildman–Crippen MR) is 219 cm³/mol. The van der Waals surface area contributed by atoms with Crippen molar-refractivity contribution in [2.45, 2.75) is 50.6 Å². The summed E-state index contributed by atoms with van der Waals surface area (Å²) in [5, 5.41) is 16.2.